The van der Waals surface area contributed by atoms with E-state index >= 15 is 0 Å². The van der Waals surface area contributed by atoms with Crippen LogP contribution in [0.15, 0.2) is 24.3 Å². The summed E-state index contributed by atoms with van der Waals surface area (Å²) in [5, 5.41) is 4.64. The van der Waals surface area contributed by atoms with Gasteiger partial charge in [-0.3, -0.25) is 4.68 Å². The van der Waals surface area contributed by atoms with Crippen LogP contribution in [0.5, 0.6) is 0 Å². The molecule has 0 radical (unpaired) electrons. The third-order valence-corrected chi connectivity index (χ3v) is 3.34. The molecule has 19 heavy (non-hydrogen) atoms. The Hall–Kier alpha value is -1.81. The van der Waals surface area contributed by atoms with Gasteiger partial charge in [0.15, 0.2) is 0 Å². The first kappa shape index (κ1) is 13.6. The highest BCUT2D eigenvalue weighted by atomic mass is 15.3. The lowest BCUT2D eigenvalue weighted by atomic mass is 10.0. The van der Waals surface area contributed by atoms with E-state index in [1.807, 2.05) is 12.1 Å². The molecule has 0 bridgehead atoms. The van der Waals surface area contributed by atoms with Crippen LogP contribution in [-0.4, -0.2) is 35.3 Å². The fourth-order valence-corrected chi connectivity index (χ4v) is 2.28. The van der Waals surface area contributed by atoms with Crippen LogP contribution in [0.4, 0.5) is 5.69 Å². The predicted molar refractivity (Wildman–Crippen MR) is 80.1 cm³/mol. The summed E-state index contributed by atoms with van der Waals surface area (Å²) in [4.78, 5) is 2.17. The fraction of sp³-hybridized carbons (Fsp3) is 0.400. The van der Waals surface area contributed by atoms with Gasteiger partial charge in [-0.25, -0.2) is 0 Å². The lowest BCUT2D eigenvalue weighted by Crippen LogP contribution is -2.19. The molecule has 0 atom stereocenters. The number of nitrogens with two attached hydrogens (primary N) is 1. The van der Waals surface area contributed by atoms with Crippen molar-refractivity contribution in [2.75, 3.05) is 26.4 Å². The molecular formula is C15H22N4. The third-order valence-electron chi connectivity index (χ3n) is 3.34. The molecule has 0 amide bonds. The van der Waals surface area contributed by atoms with Crippen molar-refractivity contribution in [3.63, 3.8) is 0 Å². The Balaban J connectivity index is 2.33. The number of likely N-dealkylation sites (N-methyl/N-ethyl adjacent to an activating group) is 1. The van der Waals surface area contributed by atoms with Crippen LogP contribution in [0, 0.1) is 13.8 Å². The average molecular weight is 258 g/mol. The maximum atomic E-state index is 5.74. The van der Waals surface area contributed by atoms with Gasteiger partial charge < -0.3 is 10.6 Å². The smallest absolute Gasteiger partial charge is 0.0674 e. The summed E-state index contributed by atoms with van der Waals surface area (Å²) in [6.07, 6.45) is 0. The van der Waals surface area contributed by atoms with Crippen molar-refractivity contribution < 1.29 is 0 Å². The summed E-state index contributed by atoms with van der Waals surface area (Å²) in [5.41, 5.74) is 11.2. The van der Waals surface area contributed by atoms with Gasteiger partial charge in [-0.1, -0.05) is 12.1 Å². The van der Waals surface area contributed by atoms with E-state index in [0.717, 1.165) is 24.5 Å². The summed E-state index contributed by atoms with van der Waals surface area (Å²) < 4.78 is 2.08. The molecule has 1 heterocycles. The monoisotopic (exact) mass is 258 g/mol. The maximum Gasteiger partial charge on any atom is 0.0674 e. The molecule has 0 aliphatic carbocycles. The largest absolute Gasteiger partial charge is 0.399 e. The lowest BCUT2D eigenvalue weighted by molar-refractivity contribution is 0.370. The van der Waals surface area contributed by atoms with Crippen molar-refractivity contribution in [2.24, 2.45) is 0 Å². The highest BCUT2D eigenvalue weighted by molar-refractivity contribution is 5.69. The van der Waals surface area contributed by atoms with Crippen molar-refractivity contribution in [3.05, 3.63) is 35.7 Å². The SMILES string of the molecule is Cc1nn(CCN(C)C)c(C)c1-c1ccc(N)cc1. The minimum atomic E-state index is 0.791. The molecule has 4 heteroatoms. The molecule has 102 valence electrons. The van der Waals surface area contributed by atoms with Crippen LogP contribution in [0.3, 0.4) is 0 Å². The second-order valence-corrected chi connectivity index (χ2v) is 5.19. The quantitative estimate of drug-likeness (QED) is 0.856. The van der Waals surface area contributed by atoms with E-state index in [4.69, 9.17) is 5.73 Å². The van der Waals surface area contributed by atoms with Crippen LogP contribution < -0.4 is 5.73 Å². The Bertz CT molecular complexity index is 552. The van der Waals surface area contributed by atoms with E-state index < -0.39 is 0 Å². The van der Waals surface area contributed by atoms with Crippen molar-refractivity contribution in [3.8, 4) is 11.1 Å². The topological polar surface area (TPSA) is 47.1 Å². The van der Waals surface area contributed by atoms with Crippen LogP contribution in [0.2, 0.25) is 0 Å². The number of hydrogen-bond acceptors (Lipinski definition) is 3. The Labute approximate surface area is 114 Å². The van der Waals surface area contributed by atoms with E-state index in [1.165, 1.54) is 16.8 Å². The van der Waals surface area contributed by atoms with Crippen molar-refractivity contribution >= 4 is 5.69 Å². The number of nitrogen functional groups attached to an aromatic ring is 1. The van der Waals surface area contributed by atoms with Crippen molar-refractivity contribution in [1.29, 1.82) is 0 Å². The molecule has 0 saturated heterocycles. The zero-order valence-electron chi connectivity index (χ0n) is 12.1. The molecule has 0 spiro atoms. The number of rotatable bonds is 4. The normalized spacial score (nSPS) is 11.2. The highest BCUT2D eigenvalue weighted by Crippen LogP contribution is 2.27. The van der Waals surface area contributed by atoms with Gasteiger partial charge in [0.1, 0.15) is 0 Å². The molecule has 2 aromatic rings. The molecule has 4 nitrogen and oxygen atoms in total. The second kappa shape index (κ2) is 5.45. The number of nitrogens with zero attached hydrogens (tertiary/aromatic N) is 3. The first-order valence-electron chi connectivity index (χ1n) is 6.53. The number of hydrogen-bond donors (Lipinski definition) is 1. The summed E-state index contributed by atoms with van der Waals surface area (Å²) in [5.74, 6) is 0. The van der Waals surface area contributed by atoms with Crippen molar-refractivity contribution in [1.82, 2.24) is 14.7 Å². The summed E-state index contributed by atoms with van der Waals surface area (Å²) in [7, 11) is 4.15. The van der Waals surface area contributed by atoms with Crippen LogP contribution >= 0.6 is 0 Å². The molecule has 0 unspecified atom stereocenters. The van der Waals surface area contributed by atoms with Crippen LogP contribution in [-0.2, 0) is 6.54 Å². The number of anilines is 1. The number of aromatic nitrogens is 2. The third kappa shape index (κ3) is 2.96. The highest BCUT2D eigenvalue weighted by Gasteiger charge is 2.13. The Morgan fingerprint density at radius 1 is 1.16 bits per heavy atom. The predicted octanol–water partition coefficient (Wildman–Crippen LogP) is 2.31. The van der Waals surface area contributed by atoms with Gasteiger partial charge in [0, 0.05) is 23.5 Å². The molecule has 0 fully saturated rings. The van der Waals surface area contributed by atoms with Gasteiger partial charge in [0.05, 0.1) is 12.2 Å². The summed E-state index contributed by atoms with van der Waals surface area (Å²) in [6.45, 7) is 6.09. The van der Waals surface area contributed by atoms with Crippen LogP contribution in [0.25, 0.3) is 11.1 Å². The molecule has 1 aromatic carbocycles. The molecule has 0 aliphatic rings. The van der Waals surface area contributed by atoms with Crippen molar-refractivity contribution in [2.45, 2.75) is 20.4 Å². The lowest BCUT2D eigenvalue weighted by Gasteiger charge is -2.10. The molecule has 0 aliphatic heterocycles. The second-order valence-electron chi connectivity index (χ2n) is 5.19. The number of benzene rings is 1. The standard InChI is InChI=1S/C15H22N4/c1-11-15(13-5-7-14(16)8-6-13)12(2)19(17-11)10-9-18(3)4/h5-8H,9-10,16H2,1-4H3. The Morgan fingerprint density at radius 2 is 1.79 bits per heavy atom. The molecule has 0 saturated carbocycles. The molecule has 1 aromatic heterocycles. The van der Waals surface area contributed by atoms with E-state index in [9.17, 15) is 0 Å². The maximum absolute atomic E-state index is 5.74. The first-order valence-corrected chi connectivity index (χ1v) is 6.53. The van der Waals surface area contributed by atoms with Gasteiger partial charge in [0.25, 0.3) is 0 Å². The molecule has 2 N–H and O–H groups in total. The minimum absolute atomic E-state index is 0.791. The van der Waals surface area contributed by atoms with Crippen LogP contribution in [0.1, 0.15) is 11.4 Å². The van der Waals surface area contributed by atoms with Gasteiger partial charge in [-0.2, -0.15) is 5.10 Å². The van der Waals surface area contributed by atoms with E-state index in [0.29, 0.717) is 0 Å². The summed E-state index contributed by atoms with van der Waals surface area (Å²) >= 11 is 0. The van der Waals surface area contributed by atoms with E-state index in [2.05, 4.69) is 54.8 Å². The minimum Gasteiger partial charge on any atom is -0.399 e. The van der Waals surface area contributed by atoms with E-state index in [1.54, 1.807) is 0 Å². The Kier molecular flexibility index (Phi) is 3.90. The van der Waals surface area contributed by atoms with E-state index in [-0.39, 0.29) is 0 Å². The first-order chi connectivity index (χ1) is 8.99. The van der Waals surface area contributed by atoms with Gasteiger partial charge in [0.2, 0.25) is 0 Å². The molecule has 2 rings (SSSR count). The number of aryl methyl sites for hydroxylation is 1. The zero-order valence-corrected chi connectivity index (χ0v) is 12.1. The average Bonchev–Trinajstić information content (AvgIpc) is 2.63. The summed E-state index contributed by atoms with van der Waals surface area (Å²) in [6, 6.07) is 7.99. The fourth-order valence-electron chi connectivity index (χ4n) is 2.28. The van der Waals surface area contributed by atoms with Gasteiger partial charge in [-0.05, 0) is 45.6 Å². The Morgan fingerprint density at radius 3 is 2.37 bits per heavy atom. The van der Waals surface area contributed by atoms with Gasteiger partial charge in [-0.15, -0.1) is 0 Å². The van der Waals surface area contributed by atoms with Gasteiger partial charge >= 0.3 is 0 Å². The zero-order chi connectivity index (χ0) is 14.0. The molecular weight excluding hydrogens is 236 g/mol.